The molecule has 0 saturated heterocycles. The first-order valence-electron chi connectivity index (χ1n) is 15.3. The van der Waals surface area contributed by atoms with E-state index < -0.39 is 5.41 Å². The minimum absolute atomic E-state index is 0.191. The normalized spacial score (nSPS) is 10.8. The van der Waals surface area contributed by atoms with Crippen molar-refractivity contribution in [2.45, 2.75) is 12.3 Å². The molecule has 2 heteroatoms. The van der Waals surface area contributed by atoms with Crippen LogP contribution in [0.4, 0.5) is 0 Å². The predicted molar refractivity (Wildman–Crippen MR) is 190 cm³/mol. The quantitative estimate of drug-likeness (QED) is 0.116. The summed E-state index contributed by atoms with van der Waals surface area (Å²) < 4.78 is 12.1. The van der Waals surface area contributed by atoms with Gasteiger partial charge < -0.3 is 9.47 Å². The molecule has 0 spiro atoms. The smallest absolute Gasteiger partial charge is 0.148 e. The molecule has 0 aliphatic carbocycles. The molecular formula is C44H34O2. The topological polar surface area (TPSA) is 18.5 Å². The Bertz CT molecular complexity index is 1890. The fraction of sp³-hybridized carbons (Fsp3) is 0.0909. The van der Waals surface area contributed by atoms with Gasteiger partial charge in [0, 0.05) is 16.5 Å². The molecule has 0 saturated carbocycles. The first kappa shape index (κ1) is 30.1. The van der Waals surface area contributed by atoms with Gasteiger partial charge in [-0.2, -0.15) is 0 Å². The maximum absolute atomic E-state index is 6.05. The zero-order valence-corrected chi connectivity index (χ0v) is 25.8. The van der Waals surface area contributed by atoms with E-state index in [-0.39, 0.29) is 13.2 Å². The molecule has 0 aromatic heterocycles. The Labute approximate surface area is 272 Å². The van der Waals surface area contributed by atoms with E-state index in [0.717, 1.165) is 56.0 Å². The molecular weight excluding hydrogens is 560 g/mol. The zero-order valence-electron chi connectivity index (χ0n) is 25.8. The van der Waals surface area contributed by atoms with Gasteiger partial charge in [0.25, 0.3) is 0 Å². The largest absolute Gasteiger partial charge is 0.480 e. The van der Waals surface area contributed by atoms with Crippen molar-refractivity contribution in [1.82, 2.24) is 0 Å². The summed E-state index contributed by atoms with van der Waals surface area (Å²) in [7, 11) is 0. The molecule has 6 aromatic rings. The average Bonchev–Trinajstić information content (AvgIpc) is 3.14. The average molecular weight is 595 g/mol. The molecule has 222 valence electrons. The molecule has 0 aliphatic rings. The van der Waals surface area contributed by atoms with Crippen molar-refractivity contribution < 1.29 is 9.47 Å². The maximum atomic E-state index is 6.05. The standard InChI is InChI=1S/C44H34O2/c1-4-29-45-42-27-25-38(31-40(42)35-17-11-7-12-18-35)44(3,37-23-21-34(22-24-37)33-15-9-6-10-16-33)39-26-28-43(46-30-5-2)41(32-39)36-19-13-8-14-20-36/h1-2,6-28,31-32H,29-30H2,3H3. The minimum Gasteiger partial charge on any atom is -0.480 e. The summed E-state index contributed by atoms with van der Waals surface area (Å²) >= 11 is 0. The molecule has 0 fully saturated rings. The predicted octanol–water partition coefficient (Wildman–Crippen LogP) is 10.1. The number of terminal acetylenes is 2. The van der Waals surface area contributed by atoms with Crippen molar-refractivity contribution in [1.29, 1.82) is 0 Å². The van der Waals surface area contributed by atoms with E-state index in [9.17, 15) is 0 Å². The highest BCUT2D eigenvalue weighted by Gasteiger charge is 2.33. The van der Waals surface area contributed by atoms with Crippen molar-refractivity contribution in [2.24, 2.45) is 0 Å². The van der Waals surface area contributed by atoms with Gasteiger partial charge >= 0.3 is 0 Å². The van der Waals surface area contributed by atoms with Crippen LogP contribution in [0.25, 0.3) is 33.4 Å². The van der Waals surface area contributed by atoms with Gasteiger partial charge in [-0.05, 0) is 70.1 Å². The van der Waals surface area contributed by atoms with Gasteiger partial charge in [-0.1, -0.05) is 139 Å². The van der Waals surface area contributed by atoms with Crippen LogP contribution < -0.4 is 9.47 Å². The van der Waals surface area contributed by atoms with E-state index in [1.807, 2.05) is 54.6 Å². The Morgan fingerprint density at radius 3 is 1.24 bits per heavy atom. The lowest BCUT2D eigenvalue weighted by Crippen LogP contribution is -2.25. The van der Waals surface area contributed by atoms with Crippen LogP contribution in [0.2, 0.25) is 0 Å². The van der Waals surface area contributed by atoms with Gasteiger partial charge in [-0.3, -0.25) is 0 Å². The van der Waals surface area contributed by atoms with Crippen molar-refractivity contribution in [3.05, 3.63) is 168 Å². The van der Waals surface area contributed by atoms with Crippen LogP contribution in [0.3, 0.4) is 0 Å². The highest BCUT2D eigenvalue weighted by molar-refractivity contribution is 5.75. The molecule has 0 N–H and O–H groups in total. The molecule has 0 radical (unpaired) electrons. The van der Waals surface area contributed by atoms with Crippen LogP contribution >= 0.6 is 0 Å². The Hall–Kier alpha value is -5.96. The molecule has 46 heavy (non-hydrogen) atoms. The Morgan fingerprint density at radius 2 is 0.826 bits per heavy atom. The molecule has 0 unspecified atom stereocenters. The second-order valence-electron chi connectivity index (χ2n) is 11.2. The van der Waals surface area contributed by atoms with Crippen LogP contribution in [0.1, 0.15) is 23.6 Å². The number of hydrogen-bond donors (Lipinski definition) is 0. The first-order valence-corrected chi connectivity index (χ1v) is 15.3. The van der Waals surface area contributed by atoms with E-state index >= 15 is 0 Å². The zero-order chi connectivity index (χ0) is 31.8. The summed E-state index contributed by atoms with van der Waals surface area (Å²) in [5.74, 6) is 6.71. The van der Waals surface area contributed by atoms with Gasteiger partial charge in [-0.15, -0.1) is 12.8 Å². The van der Waals surface area contributed by atoms with Gasteiger partial charge in [-0.25, -0.2) is 0 Å². The van der Waals surface area contributed by atoms with Gasteiger partial charge in [0.2, 0.25) is 0 Å². The van der Waals surface area contributed by atoms with Crippen LogP contribution in [0.15, 0.2) is 152 Å². The number of rotatable bonds is 10. The van der Waals surface area contributed by atoms with Crippen LogP contribution in [0, 0.1) is 24.7 Å². The van der Waals surface area contributed by atoms with Crippen LogP contribution in [-0.4, -0.2) is 13.2 Å². The molecule has 0 aliphatic heterocycles. The third-order valence-corrected chi connectivity index (χ3v) is 8.47. The fourth-order valence-corrected chi connectivity index (χ4v) is 5.99. The van der Waals surface area contributed by atoms with Crippen molar-refractivity contribution in [2.75, 3.05) is 13.2 Å². The molecule has 0 amide bonds. The number of hydrogen-bond acceptors (Lipinski definition) is 2. The minimum atomic E-state index is -0.558. The molecule has 6 rings (SSSR count). The number of benzene rings is 6. The fourth-order valence-electron chi connectivity index (χ4n) is 5.99. The lowest BCUT2D eigenvalue weighted by Gasteiger charge is -2.33. The van der Waals surface area contributed by atoms with E-state index in [0.29, 0.717) is 0 Å². The lowest BCUT2D eigenvalue weighted by atomic mass is 9.70. The number of ether oxygens (including phenoxy) is 2. The third kappa shape index (κ3) is 6.16. The molecule has 0 heterocycles. The Morgan fingerprint density at radius 1 is 0.457 bits per heavy atom. The SMILES string of the molecule is C#CCOc1ccc(C(C)(c2ccc(-c3ccccc3)cc2)c2ccc(OCC#C)c(-c3ccccc3)c2)cc1-c1ccccc1. The molecule has 0 atom stereocenters. The van der Waals surface area contributed by atoms with E-state index in [2.05, 4.69) is 116 Å². The van der Waals surface area contributed by atoms with Crippen LogP contribution in [-0.2, 0) is 5.41 Å². The van der Waals surface area contributed by atoms with E-state index in [1.54, 1.807) is 0 Å². The first-order chi connectivity index (χ1) is 22.6. The van der Waals surface area contributed by atoms with Gasteiger partial charge in [0.1, 0.15) is 24.7 Å². The Balaban J connectivity index is 1.57. The molecule has 2 nitrogen and oxygen atoms in total. The van der Waals surface area contributed by atoms with E-state index in [4.69, 9.17) is 22.3 Å². The van der Waals surface area contributed by atoms with Crippen molar-refractivity contribution >= 4 is 0 Å². The Kier molecular flexibility index (Phi) is 9.01. The summed E-state index contributed by atoms with van der Waals surface area (Å²) in [5, 5.41) is 0. The van der Waals surface area contributed by atoms with Crippen molar-refractivity contribution in [3.63, 3.8) is 0 Å². The molecule has 6 aromatic carbocycles. The van der Waals surface area contributed by atoms with Crippen LogP contribution in [0.5, 0.6) is 11.5 Å². The monoisotopic (exact) mass is 594 g/mol. The van der Waals surface area contributed by atoms with Crippen molar-refractivity contribution in [3.8, 4) is 69.6 Å². The third-order valence-electron chi connectivity index (χ3n) is 8.47. The summed E-state index contributed by atoms with van der Waals surface area (Å²) in [5.41, 5.74) is 9.25. The summed E-state index contributed by atoms with van der Waals surface area (Å²) in [6, 6.07) is 52.7. The van der Waals surface area contributed by atoms with Gasteiger partial charge in [0.05, 0.1) is 0 Å². The second kappa shape index (κ2) is 13.8. The second-order valence-corrected chi connectivity index (χ2v) is 11.2. The summed E-state index contributed by atoms with van der Waals surface area (Å²) in [6.07, 6.45) is 11.2. The summed E-state index contributed by atoms with van der Waals surface area (Å²) in [4.78, 5) is 0. The van der Waals surface area contributed by atoms with E-state index in [1.165, 1.54) is 5.56 Å². The lowest BCUT2D eigenvalue weighted by molar-refractivity contribution is 0.371. The highest BCUT2D eigenvalue weighted by Crippen LogP contribution is 2.45. The van der Waals surface area contributed by atoms with Gasteiger partial charge in [0.15, 0.2) is 0 Å². The summed E-state index contributed by atoms with van der Waals surface area (Å²) in [6.45, 7) is 2.66. The molecule has 0 bridgehead atoms. The maximum Gasteiger partial charge on any atom is 0.148 e. The highest BCUT2D eigenvalue weighted by atomic mass is 16.5.